The predicted octanol–water partition coefficient (Wildman–Crippen LogP) is 3.04. The van der Waals surface area contributed by atoms with Gasteiger partial charge in [-0.05, 0) is 49.9 Å². The normalized spacial score (nSPS) is 19.3. The second kappa shape index (κ2) is 3.94. The molecule has 1 aromatic carbocycles. The molecule has 0 radical (unpaired) electrons. The molecule has 1 saturated carbocycles. The van der Waals surface area contributed by atoms with Gasteiger partial charge < -0.3 is 10.5 Å². The van der Waals surface area contributed by atoms with Gasteiger partial charge in [0.15, 0.2) is 0 Å². The van der Waals surface area contributed by atoms with Gasteiger partial charge in [0.05, 0.1) is 7.11 Å². The Morgan fingerprint density at radius 3 is 2.50 bits per heavy atom. The Balaban J connectivity index is 2.53. The van der Waals surface area contributed by atoms with Gasteiger partial charge in [0.1, 0.15) is 5.75 Å². The summed E-state index contributed by atoms with van der Waals surface area (Å²) in [5, 5.41) is 0.726. The Labute approximate surface area is 102 Å². The third-order valence-corrected chi connectivity index (χ3v) is 3.96. The Kier molecular flexibility index (Phi) is 2.89. The lowest BCUT2D eigenvalue weighted by atomic mass is 9.86. The van der Waals surface area contributed by atoms with Crippen molar-refractivity contribution in [1.82, 2.24) is 0 Å². The van der Waals surface area contributed by atoms with E-state index >= 15 is 0 Å². The van der Waals surface area contributed by atoms with Crippen LogP contribution in [0.1, 0.15) is 30.9 Å². The van der Waals surface area contributed by atoms with E-state index in [2.05, 4.69) is 13.8 Å². The molecule has 0 aliphatic heterocycles. The van der Waals surface area contributed by atoms with Crippen LogP contribution in [0.25, 0.3) is 0 Å². The van der Waals surface area contributed by atoms with Gasteiger partial charge in [-0.1, -0.05) is 11.6 Å². The van der Waals surface area contributed by atoms with Crippen molar-refractivity contribution >= 4 is 11.6 Å². The molecule has 1 atom stereocenters. The Bertz CT molecular complexity index is 411. The lowest BCUT2D eigenvalue weighted by Crippen LogP contribution is -2.32. The summed E-state index contributed by atoms with van der Waals surface area (Å²) in [6, 6.07) is 4.06. The molecule has 1 aliphatic rings. The van der Waals surface area contributed by atoms with Crippen molar-refractivity contribution in [2.45, 2.75) is 38.1 Å². The van der Waals surface area contributed by atoms with Crippen molar-refractivity contribution in [3.63, 3.8) is 0 Å². The maximum absolute atomic E-state index is 6.12. The highest BCUT2D eigenvalue weighted by Gasteiger charge is 2.48. The first-order valence-corrected chi connectivity index (χ1v) is 5.99. The number of benzene rings is 1. The molecule has 0 saturated heterocycles. The Morgan fingerprint density at radius 1 is 1.44 bits per heavy atom. The van der Waals surface area contributed by atoms with Crippen molar-refractivity contribution in [3.05, 3.63) is 28.3 Å². The summed E-state index contributed by atoms with van der Waals surface area (Å²) in [6.07, 6.45) is 2.30. The van der Waals surface area contributed by atoms with Gasteiger partial charge in [-0.2, -0.15) is 0 Å². The largest absolute Gasteiger partial charge is 0.496 e. The summed E-state index contributed by atoms with van der Waals surface area (Å²) in [7, 11) is 1.67. The molecule has 0 bridgehead atoms. The number of rotatable bonds is 3. The molecule has 16 heavy (non-hydrogen) atoms. The number of ether oxygens (including phenoxy) is 1. The lowest BCUT2D eigenvalue weighted by molar-refractivity contribution is 0.409. The number of hydrogen-bond donors (Lipinski definition) is 1. The lowest BCUT2D eigenvalue weighted by Gasteiger charge is -2.23. The zero-order chi connectivity index (χ0) is 11.9. The first-order valence-electron chi connectivity index (χ1n) is 5.61. The number of methoxy groups -OCH3 is 1. The highest BCUT2D eigenvalue weighted by atomic mass is 35.5. The van der Waals surface area contributed by atoms with E-state index < -0.39 is 0 Å². The first-order chi connectivity index (χ1) is 7.51. The van der Waals surface area contributed by atoms with Gasteiger partial charge in [0.2, 0.25) is 0 Å². The molecule has 1 fully saturated rings. The maximum atomic E-state index is 6.12. The SMILES string of the molecule is COc1cc(Cl)cc(C2(C(C)N)CC2)c1C. The van der Waals surface area contributed by atoms with Crippen molar-refractivity contribution in [1.29, 1.82) is 0 Å². The number of halogens is 1. The van der Waals surface area contributed by atoms with E-state index in [-0.39, 0.29) is 11.5 Å². The van der Waals surface area contributed by atoms with E-state index in [4.69, 9.17) is 22.1 Å². The van der Waals surface area contributed by atoms with Crippen molar-refractivity contribution < 1.29 is 4.74 Å². The van der Waals surface area contributed by atoms with Gasteiger partial charge in [0, 0.05) is 16.5 Å². The average Bonchev–Trinajstić information content (AvgIpc) is 3.02. The Hall–Kier alpha value is -0.730. The Morgan fingerprint density at radius 2 is 2.06 bits per heavy atom. The van der Waals surface area contributed by atoms with Gasteiger partial charge in [0.25, 0.3) is 0 Å². The quantitative estimate of drug-likeness (QED) is 0.880. The molecule has 0 amide bonds. The van der Waals surface area contributed by atoms with Crippen molar-refractivity contribution in [2.75, 3.05) is 7.11 Å². The topological polar surface area (TPSA) is 35.2 Å². The molecule has 0 heterocycles. The number of hydrogen-bond acceptors (Lipinski definition) is 2. The average molecular weight is 240 g/mol. The highest BCUT2D eigenvalue weighted by molar-refractivity contribution is 6.30. The molecule has 2 N–H and O–H groups in total. The van der Waals surface area contributed by atoms with E-state index in [1.807, 2.05) is 12.1 Å². The summed E-state index contributed by atoms with van der Waals surface area (Å²) in [5.41, 5.74) is 8.64. The monoisotopic (exact) mass is 239 g/mol. The van der Waals surface area contributed by atoms with Gasteiger partial charge in [-0.25, -0.2) is 0 Å². The maximum Gasteiger partial charge on any atom is 0.123 e. The minimum Gasteiger partial charge on any atom is -0.496 e. The van der Waals surface area contributed by atoms with Gasteiger partial charge in [-0.3, -0.25) is 0 Å². The van der Waals surface area contributed by atoms with Crippen molar-refractivity contribution in [2.24, 2.45) is 5.73 Å². The molecule has 2 rings (SSSR count). The van der Waals surface area contributed by atoms with Crippen LogP contribution in [0.5, 0.6) is 5.75 Å². The minimum absolute atomic E-state index is 0.127. The molecule has 1 unspecified atom stereocenters. The first kappa shape index (κ1) is 11.7. The summed E-state index contributed by atoms with van der Waals surface area (Å²) >= 11 is 6.12. The third-order valence-electron chi connectivity index (χ3n) is 3.74. The van der Waals surface area contributed by atoms with Crippen molar-refractivity contribution in [3.8, 4) is 5.75 Å². The van der Waals surface area contributed by atoms with Gasteiger partial charge in [-0.15, -0.1) is 0 Å². The third kappa shape index (κ3) is 1.70. The van der Waals surface area contributed by atoms with Crippen LogP contribution >= 0.6 is 11.6 Å². The number of nitrogens with two attached hydrogens (primary N) is 1. The van der Waals surface area contributed by atoms with E-state index in [9.17, 15) is 0 Å². The summed E-state index contributed by atoms with van der Waals surface area (Å²) < 4.78 is 5.34. The predicted molar refractivity (Wildman–Crippen MR) is 67.3 cm³/mol. The second-order valence-corrected chi connectivity index (χ2v) is 5.16. The van der Waals surface area contributed by atoms with Crippen LogP contribution in [0.4, 0.5) is 0 Å². The molecular weight excluding hydrogens is 222 g/mol. The molecular formula is C13H18ClNO. The molecule has 3 heteroatoms. The second-order valence-electron chi connectivity index (χ2n) is 4.73. The zero-order valence-corrected chi connectivity index (χ0v) is 10.8. The molecule has 88 valence electrons. The van der Waals surface area contributed by atoms with Crippen LogP contribution < -0.4 is 10.5 Å². The molecule has 1 aliphatic carbocycles. The van der Waals surface area contributed by atoms with Gasteiger partial charge >= 0.3 is 0 Å². The van der Waals surface area contributed by atoms with Crippen LogP contribution in [0.15, 0.2) is 12.1 Å². The van der Waals surface area contributed by atoms with Crippen LogP contribution in [0.3, 0.4) is 0 Å². The van der Waals surface area contributed by atoms with E-state index in [1.165, 1.54) is 11.1 Å². The summed E-state index contributed by atoms with van der Waals surface area (Å²) in [5.74, 6) is 0.856. The molecule has 0 aromatic heterocycles. The minimum atomic E-state index is 0.127. The van der Waals surface area contributed by atoms with Crippen LogP contribution in [-0.2, 0) is 5.41 Å². The smallest absolute Gasteiger partial charge is 0.123 e. The van der Waals surface area contributed by atoms with E-state index in [0.717, 1.165) is 23.6 Å². The highest BCUT2D eigenvalue weighted by Crippen LogP contribution is 2.52. The fraction of sp³-hybridized carbons (Fsp3) is 0.538. The van der Waals surface area contributed by atoms with Crippen LogP contribution in [0, 0.1) is 6.92 Å². The molecule has 2 nitrogen and oxygen atoms in total. The zero-order valence-electron chi connectivity index (χ0n) is 10.0. The summed E-state index contributed by atoms with van der Waals surface area (Å²) in [4.78, 5) is 0. The summed E-state index contributed by atoms with van der Waals surface area (Å²) in [6.45, 7) is 4.15. The fourth-order valence-corrected chi connectivity index (χ4v) is 2.70. The van der Waals surface area contributed by atoms with E-state index in [1.54, 1.807) is 7.11 Å². The molecule has 1 aromatic rings. The van der Waals surface area contributed by atoms with Crippen LogP contribution in [0.2, 0.25) is 5.02 Å². The standard InChI is InChI=1S/C13H18ClNO/c1-8-11(13(4-5-13)9(2)15)6-10(14)7-12(8)16-3/h6-7,9H,4-5,15H2,1-3H3. The van der Waals surface area contributed by atoms with Crippen LogP contribution in [-0.4, -0.2) is 13.2 Å². The fourth-order valence-electron chi connectivity index (χ4n) is 2.49. The molecule has 0 spiro atoms. The van der Waals surface area contributed by atoms with E-state index in [0.29, 0.717) is 0 Å².